The standard InChI is InChI=1S/C14H23N5O/c1-5-7-16-13(11-8-15-10-18(11)3)14-12(20-4)9-17-19(14)6-2/h8-10,13,16H,5-7H2,1-4H3. The van der Waals surface area contributed by atoms with E-state index in [1.807, 2.05) is 28.8 Å². The number of methoxy groups -OCH3 is 1. The van der Waals surface area contributed by atoms with E-state index < -0.39 is 0 Å². The molecule has 1 unspecified atom stereocenters. The SMILES string of the molecule is CCCNC(c1cncn1C)c1c(OC)cnn1CC. The van der Waals surface area contributed by atoms with Crippen molar-refractivity contribution in [1.29, 1.82) is 0 Å². The van der Waals surface area contributed by atoms with Crippen molar-refractivity contribution in [3.8, 4) is 5.75 Å². The van der Waals surface area contributed by atoms with Crippen molar-refractivity contribution in [3.05, 3.63) is 30.1 Å². The van der Waals surface area contributed by atoms with Gasteiger partial charge in [0.25, 0.3) is 0 Å². The van der Waals surface area contributed by atoms with E-state index in [-0.39, 0.29) is 6.04 Å². The third-order valence-corrected chi connectivity index (χ3v) is 3.39. The van der Waals surface area contributed by atoms with Gasteiger partial charge in [-0.25, -0.2) is 4.98 Å². The first-order valence-electron chi connectivity index (χ1n) is 7.02. The molecule has 2 heterocycles. The second kappa shape index (κ2) is 6.56. The molecule has 1 atom stereocenters. The van der Waals surface area contributed by atoms with Gasteiger partial charge in [0.2, 0.25) is 0 Å². The Bertz CT molecular complexity index is 524. The Morgan fingerprint density at radius 3 is 2.70 bits per heavy atom. The van der Waals surface area contributed by atoms with Gasteiger partial charge in [-0.3, -0.25) is 4.68 Å². The predicted octanol–water partition coefficient (Wildman–Crippen LogP) is 1.73. The molecule has 2 aromatic heterocycles. The van der Waals surface area contributed by atoms with Gasteiger partial charge in [-0.1, -0.05) is 6.92 Å². The summed E-state index contributed by atoms with van der Waals surface area (Å²) < 4.78 is 9.47. The van der Waals surface area contributed by atoms with Crippen LogP contribution in [0.2, 0.25) is 0 Å². The summed E-state index contributed by atoms with van der Waals surface area (Å²) in [6, 6.07) is 0.0276. The van der Waals surface area contributed by atoms with Gasteiger partial charge in [0, 0.05) is 13.6 Å². The lowest BCUT2D eigenvalue weighted by atomic mass is 10.1. The largest absolute Gasteiger partial charge is 0.493 e. The van der Waals surface area contributed by atoms with Gasteiger partial charge in [-0.05, 0) is 19.9 Å². The maximum atomic E-state index is 5.47. The van der Waals surface area contributed by atoms with Crippen molar-refractivity contribution in [3.63, 3.8) is 0 Å². The zero-order valence-electron chi connectivity index (χ0n) is 12.6. The minimum absolute atomic E-state index is 0.0276. The smallest absolute Gasteiger partial charge is 0.161 e. The summed E-state index contributed by atoms with van der Waals surface area (Å²) >= 11 is 0. The Morgan fingerprint density at radius 1 is 1.35 bits per heavy atom. The predicted molar refractivity (Wildman–Crippen MR) is 77.8 cm³/mol. The van der Waals surface area contributed by atoms with Crippen molar-refractivity contribution in [2.24, 2.45) is 7.05 Å². The number of hydrogen-bond donors (Lipinski definition) is 1. The van der Waals surface area contributed by atoms with Crippen LogP contribution in [0, 0.1) is 0 Å². The fourth-order valence-electron chi connectivity index (χ4n) is 2.35. The molecule has 0 amide bonds. The van der Waals surface area contributed by atoms with Crippen LogP contribution in [0.1, 0.15) is 37.7 Å². The molecule has 0 fully saturated rings. The van der Waals surface area contributed by atoms with Gasteiger partial charge in [0.1, 0.15) is 5.69 Å². The first kappa shape index (κ1) is 14.6. The molecule has 0 spiro atoms. The van der Waals surface area contributed by atoms with Gasteiger partial charge in [0.05, 0.1) is 37.6 Å². The van der Waals surface area contributed by atoms with Crippen LogP contribution < -0.4 is 10.1 Å². The molecule has 20 heavy (non-hydrogen) atoms. The Morgan fingerprint density at radius 2 is 2.15 bits per heavy atom. The third-order valence-electron chi connectivity index (χ3n) is 3.39. The van der Waals surface area contributed by atoms with Crippen LogP contribution in [0.3, 0.4) is 0 Å². The van der Waals surface area contributed by atoms with E-state index in [9.17, 15) is 0 Å². The van der Waals surface area contributed by atoms with Gasteiger partial charge >= 0.3 is 0 Å². The molecule has 6 heteroatoms. The van der Waals surface area contributed by atoms with Crippen LogP contribution in [0.5, 0.6) is 5.75 Å². The summed E-state index contributed by atoms with van der Waals surface area (Å²) in [6.07, 6.45) is 6.54. The fourth-order valence-corrected chi connectivity index (χ4v) is 2.35. The normalized spacial score (nSPS) is 12.6. The Hall–Kier alpha value is -1.82. The topological polar surface area (TPSA) is 56.9 Å². The average molecular weight is 277 g/mol. The molecule has 110 valence electrons. The van der Waals surface area contributed by atoms with E-state index in [0.29, 0.717) is 0 Å². The zero-order chi connectivity index (χ0) is 14.5. The van der Waals surface area contributed by atoms with Gasteiger partial charge < -0.3 is 14.6 Å². The van der Waals surface area contributed by atoms with E-state index in [4.69, 9.17) is 4.74 Å². The highest BCUT2D eigenvalue weighted by Crippen LogP contribution is 2.29. The quantitative estimate of drug-likeness (QED) is 0.837. The molecule has 0 radical (unpaired) electrons. The summed E-state index contributed by atoms with van der Waals surface area (Å²) in [5.41, 5.74) is 2.15. The molecule has 2 aromatic rings. The van der Waals surface area contributed by atoms with E-state index in [0.717, 1.165) is 36.6 Å². The number of ether oxygens (including phenoxy) is 1. The molecule has 0 aromatic carbocycles. The number of aryl methyl sites for hydroxylation is 2. The zero-order valence-corrected chi connectivity index (χ0v) is 12.6. The molecular weight excluding hydrogens is 254 g/mol. The Labute approximate surface area is 119 Å². The Kier molecular flexibility index (Phi) is 4.79. The van der Waals surface area contributed by atoms with E-state index in [2.05, 4.69) is 29.2 Å². The minimum Gasteiger partial charge on any atom is -0.493 e. The lowest BCUT2D eigenvalue weighted by Crippen LogP contribution is -2.27. The summed E-state index contributed by atoms with van der Waals surface area (Å²) in [5.74, 6) is 0.807. The van der Waals surface area contributed by atoms with Crippen LogP contribution in [-0.4, -0.2) is 33.0 Å². The third kappa shape index (κ3) is 2.70. The maximum Gasteiger partial charge on any atom is 0.161 e. The number of aromatic nitrogens is 4. The van der Waals surface area contributed by atoms with Crippen molar-refractivity contribution in [1.82, 2.24) is 24.6 Å². The van der Waals surface area contributed by atoms with Crippen molar-refractivity contribution >= 4 is 0 Å². The van der Waals surface area contributed by atoms with Gasteiger partial charge in [-0.2, -0.15) is 5.10 Å². The first-order chi connectivity index (χ1) is 9.72. The first-order valence-corrected chi connectivity index (χ1v) is 7.02. The minimum atomic E-state index is 0.0276. The highest BCUT2D eigenvalue weighted by molar-refractivity contribution is 5.33. The van der Waals surface area contributed by atoms with Crippen LogP contribution in [0.25, 0.3) is 0 Å². The van der Waals surface area contributed by atoms with Crippen molar-refractivity contribution in [2.75, 3.05) is 13.7 Å². The monoisotopic (exact) mass is 277 g/mol. The van der Waals surface area contributed by atoms with Crippen molar-refractivity contribution in [2.45, 2.75) is 32.9 Å². The fraction of sp³-hybridized carbons (Fsp3) is 0.571. The molecule has 0 aliphatic carbocycles. The number of imidazole rings is 1. The molecule has 6 nitrogen and oxygen atoms in total. The molecule has 0 bridgehead atoms. The number of nitrogens with one attached hydrogen (secondary N) is 1. The number of rotatable bonds is 7. The summed E-state index contributed by atoms with van der Waals surface area (Å²) in [5, 5.41) is 7.96. The molecule has 0 aliphatic heterocycles. The Balaban J connectivity index is 2.46. The van der Waals surface area contributed by atoms with Crippen LogP contribution in [0.4, 0.5) is 0 Å². The van der Waals surface area contributed by atoms with Gasteiger partial charge in [0.15, 0.2) is 5.75 Å². The second-order valence-corrected chi connectivity index (χ2v) is 4.73. The van der Waals surface area contributed by atoms with E-state index >= 15 is 0 Å². The lowest BCUT2D eigenvalue weighted by Gasteiger charge is -2.21. The maximum absolute atomic E-state index is 5.47. The van der Waals surface area contributed by atoms with Gasteiger partial charge in [-0.15, -0.1) is 0 Å². The second-order valence-electron chi connectivity index (χ2n) is 4.73. The van der Waals surface area contributed by atoms with E-state index in [1.54, 1.807) is 13.3 Å². The highest BCUT2D eigenvalue weighted by atomic mass is 16.5. The van der Waals surface area contributed by atoms with Crippen LogP contribution in [0.15, 0.2) is 18.7 Å². The summed E-state index contributed by atoms with van der Waals surface area (Å²) in [7, 11) is 3.68. The molecular formula is C14H23N5O. The lowest BCUT2D eigenvalue weighted by molar-refractivity contribution is 0.397. The summed E-state index contributed by atoms with van der Waals surface area (Å²) in [6.45, 7) is 5.96. The number of hydrogen-bond acceptors (Lipinski definition) is 4. The highest BCUT2D eigenvalue weighted by Gasteiger charge is 2.24. The average Bonchev–Trinajstić information content (AvgIpc) is 3.06. The molecule has 0 saturated heterocycles. The molecule has 0 aliphatic rings. The van der Waals surface area contributed by atoms with Crippen LogP contribution in [-0.2, 0) is 13.6 Å². The molecule has 0 saturated carbocycles. The van der Waals surface area contributed by atoms with E-state index in [1.165, 1.54) is 0 Å². The molecule has 2 rings (SSSR count). The molecule has 1 N–H and O–H groups in total. The van der Waals surface area contributed by atoms with Crippen LogP contribution >= 0.6 is 0 Å². The summed E-state index contributed by atoms with van der Waals surface area (Å²) in [4.78, 5) is 4.22. The van der Waals surface area contributed by atoms with Crippen molar-refractivity contribution < 1.29 is 4.74 Å². The number of nitrogens with zero attached hydrogens (tertiary/aromatic N) is 4.